The third-order valence-corrected chi connectivity index (χ3v) is 4.32. The average Bonchev–Trinajstić information content (AvgIpc) is 2.98. The molecule has 26 heavy (non-hydrogen) atoms. The van der Waals surface area contributed by atoms with E-state index in [0.717, 1.165) is 10.2 Å². The third kappa shape index (κ3) is 3.47. The number of hydrogen-bond donors (Lipinski definition) is 1. The molecule has 1 aromatic heterocycles. The van der Waals surface area contributed by atoms with Crippen molar-refractivity contribution in [1.29, 1.82) is 0 Å². The molecule has 0 saturated heterocycles. The van der Waals surface area contributed by atoms with E-state index in [1.165, 1.54) is 6.07 Å². The Morgan fingerprint density at radius 1 is 1.23 bits per heavy atom. The van der Waals surface area contributed by atoms with Gasteiger partial charge in [-0.1, -0.05) is 33.3 Å². The Kier molecular flexibility index (Phi) is 4.81. The summed E-state index contributed by atoms with van der Waals surface area (Å²) in [4.78, 5) is 23.1. The van der Waals surface area contributed by atoms with E-state index in [1.807, 2.05) is 24.3 Å². The summed E-state index contributed by atoms with van der Waals surface area (Å²) in [6, 6.07) is 11.9. The molecule has 0 saturated carbocycles. The maximum atomic E-state index is 12.5. The first-order valence-corrected chi connectivity index (χ1v) is 8.41. The van der Waals surface area contributed by atoms with Gasteiger partial charge < -0.3 is 5.32 Å². The van der Waals surface area contributed by atoms with Crippen molar-refractivity contribution in [3.05, 3.63) is 74.0 Å². The fraction of sp³-hybridized carbons (Fsp3) is 0.118. The highest BCUT2D eigenvalue weighted by atomic mass is 79.9. The van der Waals surface area contributed by atoms with Crippen LogP contribution in [0.3, 0.4) is 0 Å². The number of nitro benzene ring substituents is 1. The van der Waals surface area contributed by atoms with Crippen molar-refractivity contribution in [2.24, 2.45) is 0 Å². The summed E-state index contributed by atoms with van der Waals surface area (Å²) < 4.78 is 2.43. The summed E-state index contributed by atoms with van der Waals surface area (Å²) in [6.07, 6.45) is 0. The Morgan fingerprint density at radius 2 is 2.00 bits per heavy atom. The van der Waals surface area contributed by atoms with E-state index in [2.05, 4.69) is 31.6 Å². The molecular formula is C17H14BrN5O3. The number of halogens is 1. The number of carbonyl (C=O) groups is 1. The van der Waals surface area contributed by atoms with Gasteiger partial charge in [0, 0.05) is 21.8 Å². The maximum absolute atomic E-state index is 12.5. The quantitative estimate of drug-likeness (QED) is 0.515. The van der Waals surface area contributed by atoms with Gasteiger partial charge in [0.2, 0.25) is 0 Å². The lowest BCUT2D eigenvalue weighted by Crippen LogP contribution is -2.14. The van der Waals surface area contributed by atoms with Gasteiger partial charge in [-0.2, -0.15) is 0 Å². The van der Waals surface area contributed by atoms with Gasteiger partial charge in [-0.05, 0) is 38.1 Å². The van der Waals surface area contributed by atoms with E-state index in [1.54, 1.807) is 30.7 Å². The molecule has 0 unspecified atom stereocenters. The van der Waals surface area contributed by atoms with E-state index in [0.29, 0.717) is 16.9 Å². The first-order valence-electron chi connectivity index (χ1n) is 7.61. The number of nitro groups is 1. The first-order chi connectivity index (χ1) is 12.4. The largest absolute Gasteiger partial charge is 0.320 e. The van der Waals surface area contributed by atoms with Gasteiger partial charge >= 0.3 is 0 Å². The van der Waals surface area contributed by atoms with Crippen LogP contribution in [0.4, 0.5) is 11.4 Å². The Balaban J connectivity index is 1.88. The topological polar surface area (TPSA) is 103 Å². The molecule has 0 fully saturated rings. The molecule has 1 amide bonds. The molecule has 3 rings (SSSR count). The number of benzene rings is 2. The number of carbonyl (C=O) groups excluding carboxylic acids is 1. The summed E-state index contributed by atoms with van der Waals surface area (Å²) in [7, 11) is 0. The predicted octanol–water partition coefficient (Wildman–Crippen LogP) is 3.81. The zero-order valence-electron chi connectivity index (χ0n) is 13.9. The van der Waals surface area contributed by atoms with E-state index in [-0.39, 0.29) is 11.4 Å². The number of aryl methyl sites for hydroxylation is 1. The van der Waals surface area contributed by atoms with E-state index >= 15 is 0 Å². The normalized spacial score (nSPS) is 10.6. The maximum Gasteiger partial charge on any atom is 0.278 e. The SMILES string of the molecule is Cc1ccc(NC(=O)c2nnn(-c3cccc(Br)c3)c2C)cc1[N+](=O)[O-]. The van der Waals surface area contributed by atoms with Gasteiger partial charge in [-0.3, -0.25) is 14.9 Å². The Morgan fingerprint density at radius 3 is 2.69 bits per heavy atom. The minimum absolute atomic E-state index is 0.0580. The lowest BCUT2D eigenvalue weighted by molar-refractivity contribution is -0.385. The van der Waals surface area contributed by atoms with Crippen LogP contribution in [0.25, 0.3) is 5.69 Å². The number of hydrogen-bond acceptors (Lipinski definition) is 5. The summed E-state index contributed by atoms with van der Waals surface area (Å²) in [5.41, 5.74) is 2.25. The Labute approximate surface area is 157 Å². The smallest absolute Gasteiger partial charge is 0.278 e. The van der Waals surface area contributed by atoms with Crippen LogP contribution >= 0.6 is 15.9 Å². The molecule has 0 aliphatic heterocycles. The second kappa shape index (κ2) is 7.04. The van der Waals surface area contributed by atoms with Crippen molar-refractivity contribution >= 4 is 33.2 Å². The molecular weight excluding hydrogens is 402 g/mol. The van der Waals surface area contributed by atoms with Crippen molar-refractivity contribution in [3.63, 3.8) is 0 Å². The summed E-state index contributed by atoms with van der Waals surface area (Å²) in [5, 5.41) is 21.6. The van der Waals surface area contributed by atoms with Crippen LogP contribution in [0.15, 0.2) is 46.9 Å². The molecule has 0 bridgehead atoms. The van der Waals surface area contributed by atoms with Gasteiger partial charge in [0.25, 0.3) is 11.6 Å². The molecule has 3 aromatic rings. The minimum atomic E-state index is -0.486. The molecule has 0 aliphatic carbocycles. The molecule has 2 aromatic carbocycles. The fourth-order valence-corrected chi connectivity index (χ4v) is 2.85. The molecule has 1 heterocycles. The summed E-state index contributed by atoms with van der Waals surface area (Å²) in [5.74, 6) is -0.484. The third-order valence-electron chi connectivity index (χ3n) is 3.83. The van der Waals surface area contributed by atoms with Crippen molar-refractivity contribution in [1.82, 2.24) is 15.0 Å². The van der Waals surface area contributed by atoms with Crippen LogP contribution in [0, 0.1) is 24.0 Å². The standard InChI is InChI=1S/C17H14BrN5O3/c1-10-6-7-13(9-15(10)23(25)26)19-17(24)16-11(2)22(21-20-16)14-5-3-4-12(18)8-14/h3-9H,1-2H3,(H,19,24). The zero-order valence-corrected chi connectivity index (χ0v) is 15.5. The molecule has 0 spiro atoms. The second-order valence-corrected chi connectivity index (χ2v) is 6.54. The molecule has 0 atom stereocenters. The highest BCUT2D eigenvalue weighted by Gasteiger charge is 2.19. The molecule has 8 nitrogen and oxygen atoms in total. The average molecular weight is 416 g/mol. The molecule has 1 N–H and O–H groups in total. The van der Waals surface area contributed by atoms with Crippen LogP contribution in [-0.2, 0) is 0 Å². The second-order valence-electron chi connectivity index (χ2n) is 5.63. The summed E-state index contributed by atoms with van der Waals surface area (Å²) >= 11 is 3.39. The molecule has 0 aliphatic rings. The van der Waals surface area contributed by atoms with Crippen molar-refractivity contribution in [3.8, 4) is 5.69 Å². The van der Waals surface area contributed by atoms with E-state index in [4.69, 9.17) is 0 Å². The van der Waals surface area contributed by atoms with Crippen LogP contribution < -0.4 is 5.32 Å². The number of amides is 1. The van der Waals surface area contributed by atoms with Crippen LogP contribution in [0.2, 0.25) is 0 Å². The number of anilines is 1. The van der Waals surface area contributed by atoms with E-state index in [9.17, 15) is 14.9 Å². The van der Waals surface area contributed by atoms with E-state index < -0.39 is 10.8 Å². The van der Waals surface area contributed by atoms with Gasteiger partial charge in [0.15, 0.2) is 5.69 Å². The van der Waals surface area contributed by atoms with Gasteiger partial charge in [0.05, 0.1) is 16.3 Å². The van der Waals surface area contributed by atoms with Gasteiger partial charge in [-0.25, -0.2) is 4.68 Å². The Hall–Kier alpha value is -3.07. The predicted molar refractivity (Wildman–Crippen MR) is 99.6 cm³/mol. The molecule has 0 radical (unpaired) electrons. The number of nitrogens with zero attached hydrogens (tertiary/aromatic N) is 4. The lowest BCUT2D eigenvalue weighted by Gasteiger charge is -2.06. The van der Waals surface area contributed by atoms with Crippen LogP contribution in [0.5, 0.6) is 0 Å². The highest BCUT2D eigenvalue weighted by Crippen LogP contribution is 2.23. The van der Waals surface area contributed by atoms with Crippen molar-refractivity contribution in [2.75, 3.05) is 5.32 Å². The fourth-order valence-electron chi connectivity index (χ4n) is 2.47. The van der Waals surface area contributed by atoms with Crippen molar-refractivity contribution < 1.29 is 9.72 Å². The van der Waals surface area contributed by atoms with Crippen LogP contribution in [-0.4, -0.2) is 25.8 Å². The van der Waals surface area contributed by atoms with Crippen LogP contribution in [0.1, 0.15) is 21.7 Å². The number of nitrogens with one attached hydrogen (secondary N) is 1. The molecule has 132 valence electrons. The van der Waals surface area contributed by atoms with Gasteiger partial charge in [-0.15, -0.1) is 5.10 Å². The number of rotatable bonds is 4. The summed E-state index contributed by atoms with van der Waals surface area (Å²) in [6.45, 7) is 3.37. The van der Waals surface area contributed by atoms with Gasteiger partial charge in [0.1, 0.15) is 0 Å². The molecule has 9 heteroatoms. The first kappa shape index (κ1) is 17.7. The minimum Gasteiger partial charge on any atom is -0.320 e. The monoisotopic (exact) mass is 415 g/mol. The number of aromatic nitrogens is 3. The Bertz CT molecular complexity index is 1020. The lowest BCUT2D eigenvalue weighted by atomic mass is 10.2. The highest BCUT2D eigenvalue weighted by molar-refractivity contribution is 9.10. The zero-order chi connectivity index (χ0) is 18.8. The van der Waals surface area contributed by atoms with Crippen molar-refractivity contribution in [2.45, 2.75) is 13.8 Å².